The standard InChI is InChI=1S/C16H18FN3O3S/c1-24(22,23)19-5-4-15(21)13(8-19)16-11-3-2-10(17)6-12(11)14-7-18-9-20(14)16/h2-3,6-7,9,13,15-16,21H,4-5,8H2,1H3/t13-,15-,16-/m1/s1. The van der Waals surface area contributed by atoms with Gasteiger partial charge in [0.2, 0.25) is 10.0 Å². The summed E-state index contributed by atoms with van der Waals surface area (Å²) >= 11 is 0. The number of nitrogens with zero attached hydrogens (tertiary/aromatic N) is 3. The van der Waals surface area contributed by atoms with Crippen molar-refractivity contribution in [2.45, 2.75) is 18.6 Å². The Morgan fingerprint density at radius 1 is 1.38 bits per heavy atom. The van der Waals surface area contributed by atoms with Crippen LogP contribution in [0.1, 0.15) is 18.0 Å². The van der Waals surface area contributed by atoms with E-state index in [4.69, 9.17) is 0 Å². The molecule has 2 aromatic rings. The molecule has 24 heavy (non-hydrogen) atoms. The first-order valence-electron chi connectivity index (χ1n) is 7.81. The van der Waals surface area contributed by atoms with E-state index >= 15 is 0 Å². The lowest BCUT2D eigenvalue weighted by atomic mass is 9.85. The average molecular weight is 351 g/mol. The summed E-state index contributed by atoms with van der Waals surface area (Å²) in [7, 11) is -3.32. The summed E-state index contributed by atoms with van der Waals surface area (Å²) in [5.41, 5.74) is 2.44. The molecule has 0 unspecified atom stereocenters. The van der Waals surface area contributed by atoms with Crippen molar-refractivity contribution in [2.75, 3.05) is 19.3 Å². The van der Waals surface area contributed by atoms with Gasteiger partial charge >= 0.3 is 0 Å². The Bertz CT molecular complexity index is 896. The lowest BCUT2D eigenvalue weighted by Gasteiger charge is -2.38. The largest absolute Gasteiger partial charge is 0.393 e. The highest BCUT2D eigenvalue weighted by Crippen LogP contribution is 2.45. The predicted molar refractivity (Wildman–Crippen MR) is 86.3 cm³/mol. The lowest BCUT2D eigenvalue weighted by molar-refractivity contribution is 0.0358. The van der Waals surface area contributed by atoms with Crippen LogP contribution in [-0.4, -0.2) is 52.8 Å². The van der Waals surface area contributed by atoms with Crippen LogP contribution in [0.3, 0.4) is 0 Å². The van der Waals surface area contributed by atoms with Gasteiger partial charge < -0.3 is 9.67 Å². The zero-order valence-electron chi connectivity index (χ0n) is 13.1. The summed E-state index contributed by atoms with van der Waals surface area (Å²) in [6.07, 6.45) is 4.27. The molecule has 1 N–H and O–H groups in total. The van der Waals surface area contributed by atoms with Crippen LogP contribution >= 0.6 is 0 Å². The van der Waals surface area contributed by atoms with Gasteiger partial charge in [-0.2, -0.15) is 0 Å². The van der Waals surface area contributed by atoms with Crippen molar-refractivity contribution in [2.24, 2.45) is 5.92 Å². The van der Waals surface area contributed by atoms with E-state index in [1.807, 2.05) is 4.57 Å². The van der Waals surface area contributed by atoms with Crippen molar-refractivity contribution in [3.8, 4) is 11.3 Å². The van der Waals surface area contributed by atoms with Crippen LogP contribution in [0, 0.1) is 11.7 Å². The van der Waals surface area contributed by atoms with Crippen LogP contribution in [0.5, 0.6) is 0 Å². The highest BCUT2D eigenvalue weighted by Gasteiger charge is 2.42. The van der Waals surface area contributed by atoms with Crippen LogP contribution in [0.4, 0.5) is 4.39 Å². The first kappa shape index (κ1) is 15.7. The molecule has 0 radical (unpaired) electrons. The molecule has 2 aliphatic heterocycles. The third-order valence-electron chi connectivity index (χ3n) is 5.03. The first-order chi connectivity index (χ1) is 11.4. The summed E-state index contributed by atoms with van der Waals surface area (Å²) in [6.45, 7) is 0.551. The van der Waals surface area contributed by atoms with Gasteiger partial charge in [0.25, 0.3) is 0 Å². The quantitative estimate of drug-likeness (QED) is 0.883. The molecule has 1 fully saturated rings. The highest BCUT2D eigenvalue weighted by atomic mass is 32.2. The fourth-order valence-corrected chi connectivity index (χ4v) is 4.76. The second-order valence-electron chi connectivity index (χ2n) is 6.50. The number of hydrogen-bond acceptors (Lipinski definition) is 4. The zero-order valence-corrected chi connectivity index (χ0v) is 13.9. The molecule has 0 aliphatic carbocycles. The molecule has 0 saturated carbocycles. The molecular weight excluding hydrogens is 333 g/mol. The Morgan fingerprint density at radius 3 is 2.92 bits per heavy atom. The van der Waals surface area contributed by atoms with E-state index in [-0.39, 0.29) is 24.3 Å². The number of aliphatic hydroxyl groups excluding tert-OH is 1. The lowest BCUT2D eigenvalue weighted by Crippen LogP contribution is -2.48. The summed E-state index contributed by atoms with van der Waals surface area (Å²) in [5.74, 6) is -0.641. The number of imidazole rings is 1. The highest BCUT2D eigenvalue weighted by molar-refractivity contribution is 7.88. The van der Waals surface area contributed by atoms with Gasteiger partial charge in [-0.25, -0.2) is 22.1 Å². The van der Waals surface area contributed by atoms with E-state index in [9.17, 15) is 17.9 Å². The molecule has 2 aliphatic rings. The topological polar surface area (TPSA) is 75.4 Å². The van der Waals surface area contributed by atoms with E-state index < -0.39 is 16.1 Å². The van der Waals surface area contributed by atoms with Crippen LogP contribution in [0.15, 0.2) is 30.7 Å². The number of fused-ring (bicyclic) bond motifs is 3. The molecule has 0 amide bonds. The second-order valence-corrected chi connectivity index (χ2v) is 8.49. The molecule has 3 heterocycles. The third kappa shape index (κ3) is 2.37. The van der Waals surface area contributed by atoms with Gasteiger partial charge in [0.1, 0.15) is 5.82 Å². The number of halogens is 1. The molecule has 0 spiro atoms. The Balaban J connectivity index is 1.79. The van der Waals surface area contributed by atoms with E-state index in [0.717, 1.165) is 16.8 Å². The Morgan fingerprint density at radius 2 is 2.17 bits per heavy atom. The molecule has 1 aromatic carbocycles. The van der Waals surface area contributed by atoms with Crippen LogP contribution < -0.4 is 0 Å². The molecule has 1 saturated heterocycles. The van der Waals surface area contributed by atoms with Crippen molar-refractivity contribution in [1.29, 1.82) is 0 Å². The number of aliphatic hydroxyl groups is 1. The summed E-state index contributed by atoms with van der Waals surface area (Å²) in [6, 6.07) is 4.33. The van der Waals surface area contributed by atoms with Gasteiger partial charge in [-0.15, -0.1) is 0 Å². The molecule has 0 bridgehead atoms. The fraction of sp³-hybridized carbons (Fsp3) is 0.438. The van der Waals surface area contributed by atoms with Crippen molar-refractivity contribution in [1.82, 2.24) is 13.9 Å². The van der Waals surface area contributed by atoms with E-state index in [1.54, 1.807) is 18.6 Å². The maximum absolute atomic E-state index is 13.7. The normalized spacial score (nSPS) is 27.0. The second kappa shape index (κ2) is 5.37. The van der Waals surface area contributed by atoms with Crippen LogP contribution in [0.25, 0.3) is 11.3 Å². The maximum Gasteiger partial charge on any atom is 0.211 e. The minimum Gasteiger partial charge on any atom is -0.393 e. The number of benzene rings is 1. The predicted octanol–water partition coefficient (Wildman–Crippen LogP) is 1.23. The minimum absolute atomic E-state index is 0.235. The van der Waals surface area contributed by atoms with Crippen molar-refractivity contribution >= 4 is 10.0 Å². The smallest absolute Gasteiger partial charge is 0.211 e. The van der Waals surface area contributed by atoms with Crippen molar-refractivity contribution < 1.29 is 17.9 Å². The third-order valence-corrected chi connectivity index (χ3v) is 6.30. The van der Waals surface area contributed by atoms with Crippen molar-refractivity contribution in [3.63, 3.8) is 0 Å². The number of hydrogen-bond donors (Lipinski definition) is 1. The van der Waals surface area contributed by atoms with Gasteiger partial charge in [0, 0.05) is 24.6 Å². The molecule has 4 rings (SSSR count). The van der Waals surface area contributed by atoms with E-state index in [2.05, 4.69) is 4.98 Å². The Hall–Kier alpha value is -1.77. The van der Waals surface area contributed by atoms with E-state index in [1.165, 1.54) is 22.7 Å². The first-order valence-corrected chi connectivity index (χ1v) is 9.66. The number of piperidine rings is 1. The summed E-state index contributed by atoms with van der Waals surface area (Å²) < 4.78 is 40.8. The Kier molecular flexibility index (Phi) is 3.52. The number of sulfonamides is 1. The van der Waals surface area contributed by atoms with Gasteiger partial charge in [0.15, 0.2) is 0 Å². The van der Waals surface area contributed by atoms with Gasteiger partial charge in [0.05, 0.1) is 36.6 Å². The van der Waals surface area contributed by atoms with Crippen LogP contribution in [-0.2, 0) is 10.0 Å². The van der Waals surface area contributed by atoms with E-state index in [0.29, 0.717) is 13.0 Å². The minimum atomic E-state index is -3.32. The van der Waals surface area contributed by atoms with Gasteiger partial charge in [-0.05, 0) is 24.1 Å². The number of rotatable bonds is 2. The molecule has 1 aromatic heterocycles. The average Bonchev–Trinajstić information content (AvgIpc) is 3.08. The SMILES string of the molecule is CS(=O)(=O)N1CC[C@@H](O)[C@H]([C@H]2c3ccc(F)cc3-c3cncn32)C1. The zero-order chi connectivity index (χ0) is 17.1. The molecule has 128 valence electrons. The monoisotopic (exact) mass is 351 g/mol. The molecule has 3 atom stereocenters. The summed E-state index contributed by atoms with van der Waals surface area (Å²) in [4.78, 5) is 4.14. The van der Waals surface area contributed by atoms with Gasteiger partial charge in [-0.1, -0.05) is 6.07 Å². The maximum atomic E-state index is 13.7. The van der Waals surface area contributed by atoms with Crippen molar-refractivity contribution in [3.05, 3.63) is 42.1 Å². The summed E-state index contributed by atoms with van der Waals surface area (Å²) in [5, 5.41) is 10.5. The fourth-order valence-electron chi connectivity index (χ4n) is 3.88. The number of aromatic nitrogens is 2. The molecule has 6 nitrogen and oxygen atoms in total. The Labute approximate surface area is 139 Å². The molecule has 8 heteroatoms. The molecular formula is C16H18FN3O3S. The van der Waals surface area contributed by atoms with Crippen LogP contribution in [0.2, 0.25) is 0 Å². The van der Waals surface area contributed by atoms with Gasteiger partial charge in [-0.3, -0.25) is 0 Å².